The van der Waals surface area contributed by atoms with Crippen LogP contribution in [0.2, 0.25) is 0 Å². The maximum Gasteiger partial charge on any atom is 0.112 e. The molecular formula is C24H25N5. The number of imidazole rings is 1. The lowest BCUT2D eigenvalue weighted by molar-refractivity contribution is 0.471. The second kappa shape index (κ2) is 7.66. The molecule has 0 radical (unpaired) electrons. The van der Waals surface area contributed by atoms with E-state index < -0.39 is 0 Å². The van der Waals surface area contributed by atoms with E-state index in [9.17, 15) is 0 Å². The smallest absolute Gasteiger partial charge is 0.112 e. The Morgan fingerprint density at radius 2 is 1.76 bits per heavy atom. The van der Waals surface area contributed by atoms with Crippen molar-refractivity contribution in [2.45, 2.75) is 32.2 Å². The molecule has 5 rings (SSSR count). The normalized spacial score (nSPS) is 15.1. The van der Waals surface area contributed by atoms with E-state index in [0.29, 0.717) is 5.92 Å². The number of pyridine rings is 2. The van der Waals surface area contributed by atoms with Crippen LogP contribution < -0.4 is 4.90 Å². The number of aromatic nitrogens is 4. The summed E-state index contributed by atoms with van der Waals surface area (Å²) < 4.78 is 2.29. The van der Waals surface area contributed by atoms with Gasteiger partial charge in [-0.05, 0) is 55.7 Å². The zero-order chi connectivity index (χ0) is 19.6. The van der Waals surface area contributed by atoms with Crippen LogP contribution in [-0.2, 0) is 6.54 Å². The molecule has 0 N–H and O–H groups in total. The Morgan fingerprint density at radius 3 is 2.59 bits per heavy atom. The van der Waals surface area contributed by atoms with Crippen molar-refractivity contribution in [3.05, 3.63) is 84.3 Å². The first-order valence-corrected chi connectivity index (χ1v) is 10.3. The first kappa shape index (κ1) is 17.9. The van der Waals surface area contributed by atoms with Gasteiger partial charge >= 0.3 is 0 Å². The molecule has 29 heavy (non-hydrogen) atoms. The zero-order valence-electron chi connectivity index (χ0n) is 16.7. The highest BCUT2D eigenvalue weighted by Gasteiger charge is 2.25. The van der Waals surface area contributed by atoms with E-state index >= 15 is 0 Å². The third-order valence-electron chi connectivity index (χ3n) is 5.92. The summed E-state index contributed by atoms with van der Waals surface area (Å²) in [4.78, 5) is 15.9. The summed E-state index contributed by atoms with van der Waals surface area (Å²) >= 11 is 0. The lowest BCUT2D eigenvalue weighted by Crippen LogP contribution is -2.33. The van der Waals surface area contributed by atoms with Crippen LogP contribution in [-0.4, -0.2) is 32.6 Å². The fourth-order valence-corrected chi connectivity index (χ4v) is 4.40. The van der Waals surface area contributed by atoms with Gasteiger partial charge in [0, 0.05) is 67.6 Å². The van der Waals surface area contributed by atoms with Gasteiger partial charge in [-0.25, -0.2) is 4.98 Å². The van der Waals surface area contributed by atoms with E-state index in [1.807, 2.05) is 24.8 Å². The minimum atomic E-state index is 0.498. The molecule has 0 saturated carbocycles. The summed E-state index contributed by atoms with van der Waals surface area (Å²) in [7, 11) is 0. The minimum absolute atomic E-state index is 0.498. The van der Waals surface area contributed by atoms with Gasteiger partial charge in [-0.2, -0.15) is 0 Å². The van der Waals surface area contributed by atoms with Crippen molar-refractivity contribution in [2.24, 2.45) is 0 Å². The van der Waals surface area contributed by atoms with Crippen molar-refractivity contribution >= 4 is 16.6 Å². The SMILES string of the molecule is Cc1ccc2nccc(N3CCC(c4nccn4Cc4ccncc4)CC3)c2c1. The molecule has 1 aromatic carbocycles. The molecule has 4 aromatic rings. The number of aryl methyl sites for hydroxylation is 1. The van der Waals surface area contributed by atoms with Crippen molar-refractivity contribution in [3.63, 3.8) is 0 Å². The van der Waals surface area contributed by atoms with Crippen LogP contribution in [0.5, 0.6) is 0 Å². The van der Waals surface area contributed by atoms with Crippen LogP contribution in [0.1, 0.15) is 35.7 Å². The van der Waals surface area contributed by atoms with Gasteiger partial charge in [0.2, 0.25) is 0 Å². The Bertz CT molecular complexity index is 1110. The van der Waals surface area contributed by atoms with Gasteiger partial charge in [0.15, 0.2) is 0 Å². The molecule has 0 atom stereocenters. The maximum absolute atomic E-state index is 4.71. The molecule has 1 aliphatic heterocycles. The number of benzene rings is 1. The van der Waals surface area contributed by atoms with E-state index in [2.05, 4.69) is 69.0 Å². The first-order chi connectivity index (χ1) is 14.3. The average Bonchev–Trinajstić information content (AvgIpc) is 3.22. The summed E-state index contributed by atoms with van der Waals surface area (Å²) in [6.45, 7) is 5.08. The monoisotopic (exact) mass is 383 g/mol. The highest BCUT2D eigenvalue weighted by Crippen LogP contribution is 2.33. The molecule has 3 aromatic heterocycles. The van der Waals surface area contributed by atoms with Crippen LogP contribution in [0.3, 0.4) is 0 Å². The van der Waals surface area contributed by atoms with E-state index in [4.69, 9.17) is 4.98 Å². The number of anilines is 1. The number of hydrogen-bond acceptors (Lipinski definition) is 4. The van der Waals surface area contributed by atoms with Crippen molar-refractivity contribution in [1.82, 2.24) is 19.5 Å². The van der Waals surface area contributed by atoms with Gasteiger partial charge in [-0.1, -0.05) is 11.6 Å². The summed E-state index contributed by atoms with van der Waals surface area (Å²) in [5.74, 6) is 1.70. The topological polar surface area (TPSA) is 46.8 Å². The van der Waals surface area contributed by atoms with Crippen LogP contribution in [0, 0.1) is 6.92 Å². The van der Waals surface area contributed by atoms with Gasteiger partial charge in [0.1, 0.15) is 5.82 Å². The van der Waals surface area contributed by atoms with Crippen molar-refractivity contribution in [1.29, 1.82) is 0 Å². The largest absolute Gasteiger partial charge is 0.371 e. The lowest BCUT2D eigenvalue weighted by atomic mass is 9.95. The predicted molar refractivity (Wildman–Crippen MR) is 116 cm³/mol. The molecule has 0 aliphatic carbocycles. The van der Waals surface area contributed by atoms with Crippen LogP contribution in [0.4, 0.5) is 5.69 Å². The van der Waals surface area contributed by atoms with Gasteiger partial charge in [0.25, 0.3) is 0 Å². The van der Waals surface area contributed by atoms with E-state index in [-0.39, 0.29) is 0 Å². The van der Waals surface area contributed by atoms with Crippen molar-refractivity contribution in [2.75, 3.05) is 18.0 Å². The third-order valence-corrected chi connectivity index (χ3v) is 5.92. The van der Waals surface area contributed by atoms with Gasteiger partial charge in [-0.3, -0.25) is 9.97 Å². The Hall–Kier alpha value is -3.21. The standard InChI is InChI=1S/C24H25N5/c1-18-2-3-22-21(16-18)23(6-11-26-22)28-13-7-20(8-14-28)24-27-12-15-29(24)17-19-4-9-25-10-5-19/h2-6,9-12,15-16,20H,7-8,13-14,17H2,1H3. The van der Waals surface area contributed by atoms with Crippen LogP contribution in [0.25, 0.3) is 10.9 Å². The average molecular weight is 383 g/mol. The van der Waals surface area contributed by atoms with E-state index in [1.54, 1.807) is 0 Å². The molecule has 1 fully saturated rings. The van der Waals surface area contributed by atoms with Gasteiger partial charge < -0.3 is 9.47 Å². The number of piperidine rings is 1. The highest BCUT2D eigenvalue weighted by atomic mass is 15.1. The summed E-state index contributed by atoms with van der Waals surface area (Å²) in [6, 6.07) is 12.8. The lowest BCUT2D eigenvalue weighted by Gasteiger charge is -2.34. The van der Waals surface area contributed by atoms with E-state index in [1.165, 1.54) is 28.0 Å². The molecule has 1 saturated heterocycles. The second-order valence-electron chi connectivity index (χ2n) is 7.88. The summed E-state index contributed by atoms with van der Waals surface area (Å²) in [5, 5.41) is 1.25. The first-order valence-electron chi connectivity index (χ1n) is 10.3. The number of nitrogens with zero attached hydrogens (tertiary/aromatic N) is 5. The van der Waals surface area contributed by atoms with E-state index in [0.717, 1.165) is 38.0 Å². The van der Waals surface area contributed by atoms with Gasteiger partial charge in [-0.15, -0.1) is 0 Å². The highest BCUT2D eigenvalue weighted by molar-refractivity contribution is 5.92. The maximum atomic E-state index is 4.71. The molecule has 0 amide bonds. The minimum Gasteiger partial charge on any atom is -0.371 e. The zero-order valence-corrected chi connectivity index (χ0v) is 16.7. The predicted octanol–water partition coefficient (Wildman–Crippen LogP) is 4.57. The van der Waals surface area contributed by atoms with Gasteiger partial charge in [0.05, 0.1) is 5.52 Å². The third kappa shape index (κ3) is 3.60. The molecule has 5 heteroatoms. The molecule has 4 heterocycles. The second-order valence-corrected chi connectivity index (χ2v) is 7.88. The number of rotatable bonds is 4. The van der Waals surface area contributed by atoms with Crippen molar-refractivity contribution < 1.29 is 0 Å². The fraction of sp³-hybridized carbons (Fsp3) is 0.292. The Labute approximate surface area is 171 Å². The molecule has 0 unspecified atom stereocenters. The molecule has 0 spiro atoms. The molecule has 0 bridgehead atoms. The molecule has 5 nitrogen and oxygen atoms in total. The quantitative estimate of drug-likeness (QED) is 0.518. The van der Waals surface area contributed by atoms with Crippen LogP contribution >= 0.6 is 0 Å². The van der Waals surface area contributed by atoms with Crippen molar-refractivity contribution in [3.8, 4) is 0 Å². The molecule has 146 valence electrons. The van der Waals surface area contributed by atoms with Crippen LogP contribution in [0.15, 0.2) is 67.4 Å². The Balaban J connectivity index is 1.33. The summed E-state index contributed by atoms with van der Waals surface area (Å²) in [6.07, 6.45) is 11.9. The fourth-order valence-electron chi connectivity index (χ4n) is 4.40. The summed E-state index contributed by atoms with van der Waals surface area (Å²) in [5.41, 5.74) is 4.91. The Kier molecular flexibility index (Phi) is 4.72. The molecule has 1 aliphatic rings. The number of hydrogen-bond donors (Lipinski definition) is 0. The Morgan fingerprint density at radius 1 is 0.931 bits per heavy atom. The number of fused-ring (bicyclic) bond motifs is 1. The molecular weight excluding hydrogens is 358 g/mol.